The van der Waals surface area contributed by atoms with Gasteiger partial charge in [-0.3, -0.25) is 4.90 Å². The summed E-state index contributed by atoms with van der Waals surface area (Å²) in [5.41, 5.74) is -0.902. The van der Waals surface area contributed by atoms with Crippen molar-refractivity contribution in [2.75, 3.05) is 43.5 Å². The molecule has 1 aromatic heterocycles. The fourth-order valence-corrected chi connectivity index (χ4v) is 2.19. The van der Waals surface area contributed by atoms with E-state index in [1.54, 1.807) is 4.90 Å². The maximum atomic E-state index is 12.6. The van der Waals surface area contributed by atoms with Gasteiger partial charge in [0.05, 0.1) is 0 Å². The number of aromatic nitrogens is 2. The van der Waals surface area contributed by atoms with E-state index >= 15 is 0 Å². The second-order valence-electron chi connectivity index (χ2n) is 4.26. The summed E-state index contributed by atoms with van der Waals surface area (Å²) in [6.45, 7) is 3.52. The van der Waals surface area contributed by atoms with Crippen molar-refractivity contribution in [3.05, 3.63) is 18.0 Å². The molecule has 0 N–H and O–H groups in total. The molecule has 19 heavy (non-hydrogen) atoms. The van der Waals surface area contributed by atoms with Crippen molar-refractivity contribution in [2.24, 2.45) is 0 Å². The van der Waals surface area contributed by atoms with Crippen molar-refractivity contribution in [2.45, 2.75) is 6.18 Å². The van der Waals surface area contributed by atoms with Crippen molar-refractivity contribution in [1.82, 2.24) is 14.9 Å². The third-order valence-corrected chi connectivity index (χ3v) is 3.16. The highest BCUT2D eigenvalue weighted by Gasteiger charge is 2.33. The minimum Gasteiger partial charge on any atom is -0.338 e. The third-order valence-electron chi connectivity index (χ3n) is 2.99. The van der Waals surface area contributed by atoms with Crippen molar-refractivity contribution >= 4 is 17.5 Å². The lowest BCUT2D eigenvalue weighted by Crippen LogP contribution is -2.47. The summed E-state index contributed by atoms with van der Waals surface area (Å²) in [7, 11) is 0. The van der Waals surface area contributed by atoms with Crippen LogP contribution in [0.25, 0.3) is 0 Å². The number of rotatable bonds is 3. The SMILES string of the molecule is FC(F)(F)c1ccnc(N2CCN(CCCl)CC2)n1. The highest BCUT2D eigenvalue weighted by Crippen LogP contribution is 2.28. The second kappa shape index (κ2) is 5.92. The van der Waals surface area contributed by atoms with Gasteiger partial charge in [0.2, 0.25) is 5.95 Å². The van der Waals surface area contributed by atoms with E-state index < -0.39 is 11.9 Å². The Morgan fingerprint density at radius 2 is 1.89 bits per heavy atom. The van der Waals surface area contributed by atoms with E-state index in [2.05, 4.69) is 14.9 Å². The van der Waals surface area contributed by atoms with Gasteiger partial charge in [-0.1, -0.05) is 0 Å². The van der Waals surface area contributed by atoms with Crippen LogP contribution in [0.15, 0.2) is 12.3 Å². The molecule has 0 saturated carbocycles. The van der Waals surface area contributed by atoms with Crippen molar-refractivity contribution in [3.8, 4) is 0 Å². The van der Waals surface area contributed by atoms with Gasteiger partial charge < -0.3 is 4.90 Å². The van der Waals surface area contributed by atoms with Crippen LogP contribution in [0.3, 0.4) is 0 Å². The molecule has 0 amide bonds. The Morgan fingerprint density at radius 3 is 2.47 bits per heavy atom. The van der Waals surface area contributed by atoms with Gasteiger partial charge in [-0.2, -0.15) is 13.2 Å². The van der Waals surface area contributed by atoms with Gasteiger partial charge in [-0.05, 0) is 6.07 Å². The smallest absolute Gasteiger partial charge is 0.338 e. The third kappa shape index (κ3) is 3.70. The zero-order chi connectivity index (χ0) is 13.9. The van der Waals surface area contributed by atoms with Crippen LogP contribution in [0.1, 0.15) is 5.69 Å². The average Bonchev–Trinajstić information content (AvgIpc) is 2.39. The van der Waals surface area contributed by atoms with E-state index in [0.717, 1.165) is 31.9 Å². The van der Waals surface area contributed by atoms with Gasteiger partial charge in [-0.25, -0.2) is 9.97 Å². The van der Waals surface area contributed by atoms with Crippen LogP contribution < -0.4 is 4.90 Å². The first kappa shape index (κ1) is 14.3. The lowest BCUT2D eigenvalue weighted by molar-refractivity contribution is -0.141. The molecule has 0 bridgehead atoms. The maximum absolute atomic E-state index is 12.6. The van der Waals surface area contributed by atoms with Gasteiger partial charge in [0.1, 0.15) is 5.69 Å². The predicted molar refractivity (Wildman–Crippen MR) is 66.4 cm³/mol. The summed E-state index contributed by atoms with van der Waals surface area (Å²) in [4.78, 5) is 11.4. The fraction of sp³-hybridized carbons (Fsp3) is 0.636. The molecule has 0 spiro atoms. The summed E-state index contributed by atoms with van der Waals surface area (Å²) in [6, 6.07) is 0.882. The fourth-order valence-electron chi connectivity index (χ4n) is 1.95. The summed E-state index contributed by atoms with van der Waals surface area (Å²) >= 11 is 5.65. The van der Waals surface area contributed by atoms with E-state index in [9.17, 15) is 13.2 Å². The molecular weight excluding hydrogens is 281 g/mol. The quantitative estimate of drug-likeness (QED) is 0.797. The number of hydrogen-bond donors (Lipinski definition) is 0. The standard InChI is InChI=1S/C11H14ClF3N4/c12-2-4-18-5-7-19(8-6-18)10-16-3-1-9(17-10)11(13,14)15/h1,3H,2,4-8H2. The number of anilines is 1. The Labute approximate surface area is 114 Å². The number of nitrogens with zero attached hydrogens (tertiary/aromatic N) is 4. The molecule has 0 aromatic carbocycles. The Hall–Kier alpha value is -1.08. The minimum atomic E-state index is -4.43. The lowest BCUT2D eigenvalue weighted by Gasteiger charge is -2.34. The molecule has 0 aliphatic carbocycles. The van der Waals surface area contributed by atoms with Gasteiger partial charge in [0.25, 0.3) is 0 Å². The number of halogens is 4. The average molecular weight is 295 g/mol. The highest BCUT2D eigenvalue weighted by atomic mass is 35.5. The van der Waals surface area contributed by atoms with Gasteiger partial charge in [0.15, 0.2) is 0 Å². The second-order valence-corrected chi connectivity index (χ2v) is 4.64. The molecular formula is C11H14ClF3N4. The monoisotopic (exact) mass is 294 g/mol. The van der Waals surface area contributed by atoms with Gasteiger partial charge in [0, 0.05) is 44.8 Å². The largest absolute Gasteiger partial charge is 0.433 e. The van der Waals surface area contributed by atoms with Crippen molar-refractivity contribution in [1.29, 1.82) is 0 Å². The topological polar surface area (TPSA) is 32.3 Å². The molecule has 0 unspecified atom stereocenters. The molecule has 1 saturated heterocycles. The normalized spacial score (nSPS) is 17.8. The van der Waals surface area contributed by atoms with E-state index in [0.29, 0.717) is 19.0 Å². The zero-order valence-corrected chi connectivity index (χ0v) is 11.0. The molecule has 1 fully saturated rings. The molecule has 106 valence electrons. The molecule has 0 radical (unpaired) electrons. The minimum absolute atomic E-state index is 0.139. The van der Waals surface area contributed by atoms with E-state index in [4.69, 9.17) is 11.6 Å². The summed E-state index contributed by atoms with van der Waals surface area (Å²) in [5.74, 6) is 0.695. The predicted octanol–water partition coefficient (Wildman–Crippen LogP) is 1.86. The van der Waals surface area contributed by atoms with Gasteiger partial charge >= 0.3 is 6.18 Å². The Bertz CT molecular complexity index is 419. The molecule has 1 aliphatic heterocycles. The van der Waals surface area contributed by atoms with E-state index in [1.807, 2.05) is 0 Å². The van der Waals surface area contributed by atoms with Crippen LogP contribution in [0.4, 0.5) is 19.1 Å². The Balaban J connectivity index is 2.03. The summed E-state index contributed by atoms with van der Waals surface area (Å²) in [5, 5.41) is 0. The first-order chi connectivity index (χ1) is 9.00. The first-order valence-electron chi connectivity index (χ1n) is 5.94. The van der Waals surface area contributed by atoms with E-state index in [-0.39, 0.29) is 5.95 Å². The molecule has 2 rings (SSSR count). The molecule has 4 nitrogen and oxygen atoms in total. The van der Waals surface area contributed by atoms with Crippen LogP contribution in [-0.2, 0) is 6.18 Å². The lowest BCUT2D eigenvalue weighted by atomic mass is 10.3. The number of alkyl halides is 4. The molecule has 8 heteroatoms. The van der Waals surface area contributed by atoms with Crippen molar-refractivity contribution < 1.29 is 13.2 Å². The molecule has 1 aliphatic rings. The summed E-state index contributed by atoms with van der Waals surface area (Å²) in [6.07, 6.45) is -3.28. The van der Waals surface area contributed by atoms with Crippen LogP contribution in [-0.4, -0.2) is 53.5 Å². The Morgan fingerprint density at radius 1 is 1.21 bits per heavy atom. The molecule has 0 atom stereocenters. The van der Waals surface area contributed by atoms with Crippen LogP contribution in [0, 0.1) is 0 Å². The first-order valence-corrected chi connectivity index (χ1v) is 6.47. The van der Waals surface area contributed by atoms with Crippen LogP contribution in [0.2, 0.25) is 0 Å². The van der Waals surface area contributed by atoms with Crippen molar-refractivity contribution in [3.63, 3.8) is 0 Å². The Kier molecular flexibility index (Phi) is 4.46. The number of piperazine rings is 1. The number of hydrogen-bond acceptors (Lipinski definition) is 4. The van der Waals surface area contributed by atoms with Crippen LogP contribution >= 0.6 is 11.6 Å². The maximum Gasteiger partial charge on any atom is 0.433 e. The zero-order valence-electron chi connectivity index (χ0n) is 10.2. The molecule has 1 aromatic rings. The van der Waals surface area contributed by atoms with Gasteiger partial charge in [-0.15, -0.1) is 11.6 Å². The van der Waals surface area contributed by atoms with E-state index in [1.165, 1.54) is 0 Å². The molecule has 2 heterocycles. The summed E-state index contributed by atoms with van der Waals surface area (Å²) < 4.78 is 37.7. The van der Waals surface area contributed by atoms with Crippen LogP contribution in [0.5, 0.6) is 0 Å². The highest BCUT2D eigenvalue weighted by molar-refractivity contribution is 6.18.